The van der Waals surface area contributed by atoms with Gasteiger partial charge in [0.1, 0.15) is 0 Å². The lowest BCUT2D eigenvalue weighted by Gasteiger charge is -2.27. The quantitative estimate of drug-likeness (QED) is 0.483. The highest BCUT2D eigenvalue weighted by molar-refractivity contribution is 5.80. The summed E-state index contributed by atoms with van der Waals surface area (Å²) in [6.07, 6.45) is 0.568. The highest BCUT2D eigenvalue weighted by Gasteiger charge is 2.28. The van der Waals surface area contributed by atoms with Crippen LogP contribution < -0.4 is 5.32 Å². The molecule has 27 heavy (non-hydrogen) atoms. The predicted octanol–water partition coefficient (Wildman–Crippen LogP) is 1.95. The normalized spacial score (nSPS) is 18.9. The van der Waals surface area contributed by atoms with E-state index in [4.69, 9.17) is 4.74 Å². The van der Waals surface area contributed by atoms with Crippen molar-refractivity contribution < 1.29 is 9.84 Å². The minimum absolute atomic E-state index is 0.292. The molecule has 2 N–H and O–H groups in total. The van der Waals surface area contributed by atoms with E-state index in [-0.39, 0.29) is 0 Å². The standard InChI is InChI=1S/C21H36N4O2/c1-4-22-21(25-13-12-19(15-25)24(5-2)6-3)23-14-20(26)17-27-16-18-10-8-7-9-11-18/h7-11,19-20,26H,4-6,12-17H2,1-3H3,(H,22,23). The van der Waals surface area contributed by atoms with E-state index in [1.54, 1.807) is 0 Å². The van der Waals surface area contributed by atoms with Crippen LogP contribution in [-0.2, 0) is 11.3 Å². The second kappa shape index (κ2) is 12.0. The monoisotopic (exact) mass is 376 g/mol. The molecule has 152 valence electrons. The summed E-state index contributed by atoms with van der Waals surface area (Å²) >= 11 is 0. The maximum Gasteiger partial charge on any atom is 0.194 e. The minimum Gasteiger partial charge on any atom is -0.389 e. The Morgan fingerprint density at radius 3 is 2.70 bits per heavy atom. The molecule has 0 amide bonds. The Kier molecular flexibility index (Phi) is 9.59. The molecule has 2 atom stereocenters. The Hall–Kier alpha value is -1.63. The third kappa shape index (κ3) is 7.13. The van der Waals surface area contributed by atoms with Crippen LogP contribution in [0.4, 0.5) is 0 Å². The van der Waals surface area contributed by atoms with Crippen molar-refractivity contribution in [1.82, 2.24) is 15.1 Å². The molecule has 6 nitrogen and oxygen atoms in total. The fourth-order valence-corrected chi connectivity index (χ4v) is 3.53. The van der Waals surface area contributed by atoms with Crippen molar-refractivity contribution in [2.45, 2.75) is 45.9 Å². The van der Waals surface area contributed by atoms with Gasteiger partial charge in [-0.25, -0.2) is 0 Å². The molecule has 0 saturated carbocycles. The van der Waals surface area contributed by atoms with Gasteiger partial charge in [0.05, 0.1) is 25.9 Å². The number of likely N-dealkylation sites (tertiary alicyclic amines) is 1. The van der Waals surface area contributed by atoms with Gasteiger partial charge < -0.3 is 20.1 Å². The molecule has 0 aromatic heterocycles. The van der Waals surface area contributed by atoms with Crippen LogP contribution in [0.2, 0.25) is 0 Å². The molecule has 0 aliphatic carbocycles. The molecule has 1 aliphatic rings. The van der Waals surface area contributed by atoms with Crippen LogP contribution in [-0.4, -0.2) is 78.9 Å². The molecule has 1 saturated heterocycles. The molecule has 0 bridgehead atoms. The average Bonchev–Trinajstić information content (AvgIpc) is 3.17. The van der Waals surface area contributed by atoms with Crippen LogP contribution in [0.25, 0.3) is 0 Å². The smallest absolute Gasteiger partial charge is 0.194 e. The number of hydrogen-bond donors (Lipinski definition) is 2. The SMILES string of the molecule is CCNC(=NCC(O)COCc1ccccc1)N1CCC(N(CC)CC)C1. The van der Waals surface area contributed by atoms with Gasteiger partial charge in [0, 0.05) is 25.7 Å². The first kappa shape index (κ1) is 21.7. The number of rotatable bonds is 10. The molecular weight excluding hydrogens is 340 g/mol. The Balaban J connectivity index is 1.80. The first-order valence-electron chi connectivity index (χ1n) is 10.2. The van der Waals surface area contributed by atoms with Crippen molar-refractivity contribution in [1.29, 1.82) is 0 Å². The average molecular weight is 377 g/mol. The number of nitrogens with zero attached hydrogens (tertiary/aromatic N) is 3. The summed E-state index contributed by atoms with van der Waals surface area (Å²) < 4.78 is 5.62. The molecular formula is C21H36N4O2. The molecule has 1 aromatic rings. The number of aliphatic hydroxyl groups excluding tert-OH is 1. The number of likely N-dealkylation sites (N-methyl/N-ethyl adjacent to an activating group) is 1. The van der Waals surface area contributed by atoms with Crippen LogP contribution in [0.15, 0.2) is 35.3 Å². The van der Waals surface area contributed by atoms with Gasteiger partial charge in [0.25, 0.3) is 0 Å². The summed E-state index contributed by atoms with van der Waals surface area (Å²) in [5.74, 6) is 0.897. The summed E-state index contributed by atoms with van der Waals surface area (Å²) in [7, 11) is 0. The topological polar surface area (TPSA) is 60.3 Å². The van der Waals surface area contributed by atoms with Gasteiger partial charge in [-0.15, -0.1) is 0 Å². The number of ether oxygens (including phenoxy) is 1. The third-order valence-electron chi connectivity index (χ3n) is 5.00. The number of aliphatic hydroxyl groups is 1. The van der Waals surface area contributed by atoms with E-state index < -0.39 is 6.10 Å². The molecule has 0 radical (unpaired) electrons. The Bertz CT molecular complexity index is 548. The van der Waals surface area contributed by atoms with Gasteiger partial charge in [0.15, 0.2) is 5.96 Å². The second-order valence-electron chi connectivity index (χ2n) is 6.96. The highest BCUT2D eigenvalue weighted by atomic mass is 16.5. The Labute approximate surface area is 164 Å². The summed E-state index contributed by atoms with van der Waals surface area (Å²) in [4.78, 5) is 9.47. The fraction of sp³-hybridized carbons (Fsp3) is 0.667. The molecule has 1 aromatic carbocycles. The van der Waals surface area contributed by atoms with Crippen LogP contribution >= 0.6 is 0 Å². The van der Waals surface area contributed by atoms with Gasteiger partial charge in [-0.2, -0.15) is 0 Å². The van der Waals surface area contributed by atoms with Crippen molar-refractivity contribution in [2.24, 2.45) is 4.99 Å². The molecule has 2 unspecified atom stereocenters. The van der Waals surface area contributed by atoms with E-state index in [0.29, 0.717) is 25.8 Å². The molecule has 2 rings (SSSR count). The van der Waals surface area contributed by atoms with Crippen LogP contribution in [0.1, 0.15) is 32.8 Å². The molecule has 6 heteroatoms. The van der Waals surface area contributed by atoms with Gasteiger partial charge in [0.2, 0.25) is 0 Å². The van der Waals surface area contributed by atoms with Crippen LogP contribution in [0.5, 0.6) is 0 Å². The fourth-order valence-electron chi connectivity index (χ4n) is 3.53. The van der Waals surface area contributed by atoms with Crippen molar-refractivity contribution in [3.8, 4) is 0 Å². The maximum atomic E-state index is 10.2. The zero-order valence-electron chi connectivity index (χ0n) is 17.1. The summed E-state index contributed by atoms with van der Waals surface area (Å²) in [6.45, 7) is 12.7. The first-order valence-corrected chi connectivity index (χ1v) is 10.2. The summed E-state index contributed by atoms with van der Waals surface area (Å²) in [6, 6.07) is 10.6. The lowest BCUT2D eigenvalue weighted by atomic mass is 10.2. The van der Waals surface area contributed by atoms with Crippen LogP contribution in [0.3, 0.4) is 0 Å². The Morgan fingerprint density at radius 1 is 1.30 bits per heavy atom. The number of aliphatic imine (C=N–C) groups is 1. The lowest BCUT2D eigenvalue weighted by Crippen LogP contribution is -2.43. The zero-order chi connectivity index (χ0) is 19.5. The van der Waals surface area contributed by atoms with E-state index >= 15 is 0 Å². The number of guanidine groups is 1. The molecule has 1 fully saturated rings. The second-order valence-corrected chi connectivity index (χ2v) is 6.96. The van der Waals surface area contributed by atoms with E-state index in [2.05, 4.69) is 40.9 Å². The van der Waals surface area contributed by atoms with E-state index in [1.165, 1.54) is 0 Å². The van der Waals surface area contributed by atoms with E-state index in [9.17, 15) is 5.11 Å². The zero-order valence-corrected chi connectivity index (χ0v) is 17.1. The Morgan fingerprint density at radius 2 is 2.04 bits per heavy atom. The maximum absolute atomic E-state index is 10.2. The van der Waals surface area contributed by atoms with Crippen molar-refractivity contribution in [3.63, 3.8) is 0 Å². The lowest BCUT2D eigenvalue weighted by molar-refractivity contribution is 0.0330. The van der Waals surface area contributed by atoms with Gasteiger partial charge in [-0.05, 0) is 32.0 Å². The molecule has 1 aliphatic heterocycles. The first-order chi connectivity index (χ1) is 13.2. The van der Waals surface area contributed by atoms with E-state index in [1.807, 2.05) is 30.3 Å². The van der Waals surface area contributed by atoms with Crippen molar-refractivity contribution in [3.05, 3.63) is 35.9 Å². The van der Waals surface area contributed by atoms with Gasteiger partial charge in [-0.3, -0.25) is 9.89 Å². The van der Waals surface area contributed by atoms with Gasteiger partial charge >= 0.3 is 0 Å². The van der Waals surface area contributed by atoms with E-state index in [0.717, 1.165) is 50.7 Å². The largest absolute Gasteiger partial charge is 0.389 e. The minimum atomic E-state index is -0.594. The number of nitrogens with one attached hydrogen (secondary N) is 1. The third-order valence-corrected chi connectivity index (χ3v) is 5.00. The van der Waals surface area contributed by atoms with Crippen molar-refractivity contribution in [2.75, 3.05) is 45.9 Å². The van der Waals surface area contributed by atoms with Crippen LogP contribution in [0, 0.1) is 0 Å². The summed E-state index contributed by atoms with van der Waals surface area (Å²) in [5, 5.41) is 13.6. The predicted molar refractivity (Wildman–Crippen MR) is 111 cm³/mol. The highest BCUT2D eigenvalue weighted by Crippen LogP contribution is 2.15. The molecule has 0 spiro atoms. The number of hydrogen-bond acceptors (Lipinski definition) is 4. The summed E-state index contributed by atoms with van der Waals surface area (Å²) in [5.41, 5.74) is 1.11. The number of benzene rings is 1. The van der Waals surface area contributed by atoms with Crippen molar-refractivity contribution >= 4 is 5.96 Å². The molecule has 1 heterocycles. The van der Waals surface area contributed by atoms with Gasteiger partial charge in [-0.1, -0.05) is 44.2 Å².